The van der Waals surface area contributed by atoms with Crippen LogP contribution in [0.1, 0.15) is 34.7 Å². The van der Waals surface area contributed by atoms with Gasteiger partial charge in [-0.05, 0) is 35.7 Å². The maximum atomic E-state index is 13.4. The van der Waals surface area contributed by atoms with Gasteiger partial charge in [0.2, 0.25) is 0 Å². The maximum Gasteiger partial charge on any atom is 0.416 e. The molecule has 0 saturated carbocycles. The van der Waals surface area contributed by atoms with Gasteiger partial charge in [-0.1, -0.05) is 42.1 Å². The lowest BCUT2D eigenvalue weighted by atomic mass is 10.0. The molecule has 160 valence electrons. The summed E-state index contributed by atoms with van der Waals surface area (Å²) in [5.41, 5.74) is -0.244. The minimum absolute atomic E-state index is 0.101. The molecule has 0 aromatic heterocycles. The predicted octanol–water partition coefficient (Wildman–Crippen LogP) is 6.06. The third-order valence-corrected chi connectivity index (χ3v) is 5.98. The second kappa shape index (κ2) is 8.37. The maximum absolute atomic E-state index is 13.4. The van der Waals surface area contributed by atoms with Crippen molar-refractivity contribution < 1.29 is 31.1 Å². The summed E-state index contributed by atoms with van der Waals surface area (Å²) >= 11 is 1.27. The average Bonchev–Trinajstić information content (AvgIpc) is 3.01. The molecule has 2 aromatic carbocycles. The van der Waals surface area contributed by atoms with E-state index in [2.05, 4.69) is 5.32 Å². The monoisotopic (exact) mass is 445 g/mol. The smallest absolute Gasteiger partial charge is 0.375 e. The fraction of sp³-hybridized carbons (Fsp3) is 0.286. The van der Waals surface area contributed by atoms with Gasteiger partial charge >= 0.3 is 12.4 Å². The fourth-order valence-corrected chi connectivity index (χ4v) is 4.58. The Morgan fingerprint density at radius 1 is 1.03 bits per heavy atom. The Hall–Kier alpha value is -2.42. The molecule has 1 unspecified atom stereocenters. The van der Waals surface area contributed by atoms with Crippen molar-refractivity contribution in [3.8, 4) is 0 Å². The van der Waals surface area contributed by atoms with Crippen molar-refractivity contribution in [2.24, 2.45) is 0 Å². The highest BCUT2D eigenvalue weighted by atomic mass is 32.2. The Bertz CT molecular complexity index is 980. The van der Waals surface area contributed by atoms with Crippen molar-refractivity contribution in [3.05, 3.63) is 76.0 Å². The molecule has 0 bridgehead atoms. The number of halogens is 6. The standard InChI is InChI=1S/C21H17F6NOS/c1-12-19(15-6-5-14(7-8-29)17(11-15)21(25,26)27)30-18(28-12)10-13-3-2-4-16(9-13)20(22,23)24/h2-6,8-9,11,18,28H,7,10H2,1H3. The van der Waals surface area contributed by atoms with E-state index in [4.69, 9.17) is 0 Å². The summed E-state index contributed by atoms with van der Waals surface area (Å²) in [5, 5.41) is 2.82. The number of aldehydes is 1. The Morgan fingerprint density at radius 3 is 2.40 bits per heavy atom. The number of alkyl halides is 6. The highest BCUT2D eigenvalue weighted by molar-refractivity contribution is 8.09. The predicted molar refractivity (Wildman–Crippen MR) is 103 cm³/mol. The fourth-order valence-electron chi connectivity index (χ4n) is 3.28. The number of thioether (sulfide) groups is 1. The molecular formula is C21H17F6NOS. The molecule has 2 nitrogen and oxygen atoms in total. The van der Waals surface area contributed by atoms with Crippen LogP contribution in [0.15, 0.2) is 48.2 Å². The molecule has 0 amide bonds. The number of nitrogens with one attached hydrogen (secondary N) is 1. The molecular weight excluding hydrogens is 428 g/mol. The number of rotatable bonds is 5. The van der Waals surface area contributed by atoms with E-state index in [0.29, 0.717) is 28.0 Å². The zero-order chi connectivity index (χ0) is 22.1. The Labute approximate surface area is 173 Å². The Kier molecular flexibility index (Phi) is 6.21. The van der Waals surface area contributed by atoms with Gasteiger partial charge < -0.3 is 10.1 Å². The molecule has 2 aromatic rings. The minimum atomic E-state index is -4.60. The summed E-state index contributed by atoms with van der Waals surface area (Å²) in [6.07, 6.45) is -8.69. The summed E-state index contributed by atoms with van der Waals surface area (Å²) in [4.78, 5) is 11.3. The summed E-state index contributed by atoms with van der Waals surface area (Å²) < 4.78 is 78.9. The number of carbonyl (C=O) groups is 1. The molecule has 1 atom stereocenters. The summed E-state index contributed by atoms with van der Waals surface area (Å²) in [7, 11) is 0. The van der Waals surface area contributed by atoms with Gasteiger partial charge in [0.05, 0.1) is 16.5 Å². The molecule has 0 aliphatic carbocycles. The van der Waals surface area contributed by atoms with Crippen LogP contribution >= 0.6 is 11.8 Å². The van der Waals surface area contributed by atoms with Gasteiger partial charge in [0.1, 0.15) is 6.29 Å². The van der Waals surface area contributed by atoms with E-state index in [-0.39, 0.29) is 23.8 Å². The van der Waals surface area contributed by atoms with Crippen molar-refractivity contribution in [3.63, 3.8) is 0 Å². The van der Waals surface area contributed by atoms with Crippen molar-refractivity contribution in [2.75, 3.05) is 0 Å². The summed E-state index contributed by atoms with van der Waals surface area (Å²) in [5.74, 6) is 0. The molecule has 1 N–H and O–H groups in total. The van der Waals surface area contributed by atoms with Crippen LogP contribution in [0.5, 0.6) is 0 Å². The molecule has 1 heterocycles. The highest BCUT2D eigenvalue weighted by Gasteiger charge is 2.35. The van der Waals surface area contributed by atoms with Gasteiger partial charge in [-0.3, -0.25) is 0 Å². The first-order valence-electron chi connectivity index (χ1n) is 8.93. The Balaban J connectivity index is 1.81. The van der Waals surface area contributed by atoms with E-state index in [1.54, 1.807) is 13.0 Å². The topological polar surface area (TPSA) is 29.1 Å². The third-order valence-electron chi connectivity index (χ3n) is 4.63. The van der Waals surface area contributed by atoms with Crippen LogP contribution in [-0.2, 0) is 30.0 Å². The molecule has 1 aliphatic rings. The summed E-state index contributed by atoms with van der Waals surface area (Å²) in [6, 6.07) is 8.81. The molecule has 0 saturated heterocycles. The molecule has 0 fully saturated rings. The summed E-state index contributed by atoms with van der Waals surface area (Å²) in [6.45, 7) is 1.71. The van der Waals surface area contributed by atoms with E-state index >= 15 is 0 Å². The molecule has 3 rings (SSSR count). The van der Waals surface area contributed by atoms with Gasteiger partial charge in [0.25, 0.3) is 0 Å². The SMILES string of the molecule is CC1=C(c2ccc(CC=O)c(C(F)(F)F)c2)SC(Cc2cccc(C(F)(F)F)c2)N1. The van der Waals surface area contributed by atoms with Crippen LogP contribution in [0.3, 0.4) is 0 Å². The van der Waals surface area contributed by atoms with E-state index < -0.39 is 23.5 Å². The number of carbonyl (C=O) groups excluding carboxylic acids is 1. The first-order valence-corrected chi connectivity index (χ1v) is 9.81. The Morgan fingerprint density at radius 2 is 1.77 bits per heavy atom. The van der Waals surface area contributed by atoms with Crippen LogP contribution in [0, 0.1) is 0 Å². The first kappa shape index (κ1) is 22.3. The average molecular weight is 445 g/mol. The van der Waals surface area contributed by atoms with E-state index in [1.165, 1.54) is 30.0 Å². The van der Waals surface area contributed by atoms with Gasteiger partial charge in [0, 0.05) is 23.4 Å². The second-order valence-electron chi connectivity index (χ2n) is 6.85. The molecule has 0 spiro atoms. The van der Waals surface area contributed by atoms with Gasteiger partial charge in [-0.2, -0.15) is 26.3 Å². The second-order valence-corrected chi connectivity index (χ2v) is 8.06. The van der Waals surface area contributed by atoms with Crippen LogP contribution in [0.4, 0.5) is 26.3 Å². The van der Waals surface area contributed by atoms with E-state index in [1.807, 2.05) is 0 Å². The quantitative estimate of drug-likeness (QED) is 0.448. The lowest BCUT2D eigenvalue weighted by Gasteiger charge is -2.15. The van der Waals surface area contributed by atoms with Crippen LogP contribution in [0.25, 0.3) is 4.91 Å². The lowest BCUT2D eigenvalue weighted by Crippen LogP contribution is -2.21. The van der Waals surface area contributed by atoms with Crippen LogP contribution < -0.4 is 5.32 Å². The largest absolute Gasteiger partial charge is 0.416 e. The number of allylic oxidation sites excluding steroid dienone is 1. The van der Waals surface area contributed by atoms with Crippen molar-refractivity contribution in [1.82, 2.24) is 5.32 Å². The van der Waals surface area contributed by atoms with Crippen molar-refractivity contribution >= 4 is 23.0 Å². The van der Waals surface area contributed by atoms with Crippen LogP contribution in [-0.4, -0.2) is 11.7 Å². The number of benzene rings is 2. The van der Waals surface area contributed by atoms with E-state index in [9.17, 15) is 31.1 Å². The highest BCUT2D eigenvalue weighted by Crippen LogP contribution is 2.42. The van der Waals surface area contributed by atoms with Crippen LogP contribution in [0.2, 0.25) is 0 Å². The molecule has 30 heavy (non-hydrogen) atoms. The van der Waals surface area contributed by atoms with Gasteiger partial charge in [-0.25, -0.2) is 0 Å². The molecule has 9 heteroatoms. The van der Waals surface area contributed by atoms with Crippen molar-refractivity contribution in [1.29, 1.82) is 0 Å². The molecule has 0 radical (unpaired) electrons. The first-order chi connectivity index (χ1) is 14.0. The van der Waals surface area contributed by atoms with Gasteiger partial charge in [0.15, 0.2) is 0 Å². The van der Waals surface area contributed by atoms with E-state index in [0.717, 1.165) is 18.2 Å². The third kappa shape index (κ3) is 5.00. The zero-order valence-corrected chi connectivity index (χ0v) is 16.5. The zero-order valence-electron chi connectivity index (χ0n) is 15.7. The van der Waals surface area contributed by atoms with Crippen molar-refractivity contribution in [2.45, 2.75) is 37.5 Å². The normalized spacial score (nSPS) is 17.2. The lowest BCUT2D eigenvalue weighted by molar-refractivity contribution is -0.138. The van der Waals surface area contributed by atoms with Gasteiger partial charge in [-0.15, -0.1) is 0 Å². The number of hydrogen-bond acceptors (Lipinski definition) is 3. The minimum Gasteiger partial charge on any atom is -0.375 e. The molecule has 1 aliphatic heterocycles. The number of hydrogen-bond donors (Lipinski definition) is 1.